The first kappa shape index (κ1) is 11.9. The molecule has 0 spiro atoms. The molecule has 2 rings (SSSR count). The van der Waals surface area contributed by atoms with Crippen molar-refractivity contribution in [3.05, 3.63) is 23.4 Å². The quantitative estimate of drug-likeness (QED) is 0.846. The minimum atomic E-state index is 0.472. The molecule has 1 aromatic heterocycles. The van der Waals surface area contributed by atoms with Crippen molar-refractivity contribution < 1.29 is 0 Å². The molecule has 0 radical (unpaired) electrons. The Labute approximate surface area is 103 Å². The zero-order valence-electron chi connectivity index (χ0n) is 10.5. The van der Waals surface area contributed by atoms with Crippen LogP contribution in [0.2, 0.25) is 0 Å². The fourth-order valence-electron chi connectivity index (χ4n) is 2.57. The second kappa shape index (κ2) is 5.18. The largest absolute Gasteiger partial charge is 0.366 e. The first-order valence-electron chi connectivity index (χ1n) is 6.33. The molecule has 0 bridgehead atoms. The topological polar surface area (TPSA) is 48.7 Å². The van der Waals surface area contributed by atoms with Gasteiger partial charge in [-0.2, -0.15) is 5.26 Å². The highest BCUT2D eigenvalue weighted by Gasteiger charge is 2.20. The fourth-order valence-corrected chi connectivity index (χ4v) is 2.57. The van der Waals surface area contributed by atoms with E-state index < -0.39 is 0 Å². The Bertz CT molecular complexity index is 434. The molecule has 1 fully saturated rings. The number of rotatable bonds is 2. The van der Waals surface area contributed by atoms with Gasteiger partial charge in [0.2, 0.25) is 0 Å². The molecule has 1 N–H and O–H groups in total. The normalized spacial score (nSPS) is 24.1. The van der Waals surface area contributed by atoms with E-state index in [4.69, 9.17) is 5.26 Å². The average molecular weight is 229 g/mol. The fraction of sp³-hybridized carbons (Fsp3) is 0.571. The standard InChI is InChI=1S/C14H19N3/c1-10-4-3-5-12(8-10)17-14-13(9-15)11(2)6-7-16-14/h6-7,10,12H,3-5,8H2,1-2H3,(H,16,17). The molecule has 2 atom stereocenters. The lowest BCUT2D eigenvalue weighted by Gasteiger charge is -2.28. The van der Waals surface area contributed by atoms with Gasteiger partial charge in [0, 0.05) is 12.2 Å². The number of aryl methyl sites for hydroxylation is 1. The summed E-state index contributed by atoms with van der Waals surface area (Å²) >= 11 is 0. The summed E-state index contributed by atoms with van der Waals surface area (Å²) in [5.41, 5.74) is 1.68. The second-order valence-electron chi connectivity index (χ2n) is 5.08. The van der Waals surface area contributed by atoms with Crippen LogP contribution in [-0.2, 0) is 0 Å². The van der Waals surface area contributed by atoms with Gasteiger partial charge in [-0.25, -0.2) is 4.98 Å². The van der Waals surface area contributed by atoms with Gasteiger partial charge in [0.25, 0.3) is 0 Å². The van der Waals surface area contributed by atoms with Crippen molar-refractivity contribution in [1.29, 1.82) is 5.26 Å². The Balaban J connectivity index is 2.13. The Morgan fingerprint density at radius 1 is 1.47 bits per heavy atom. The summed E-state index contributed by atoms with van der Waals surface area (Å²) in [6.45, 7) is 4.25. The van der Waals surface area contributed by atoms with E-state index >= 15 is 0 Å². The summed E-state index contributed by atoms with van der Waals surface area (Å²) in [7, 11) is 0. The first-order valence-corrected chi connectivity index (χ1v) is 6.33. The second-order valence-corrected chi connectivity index (χ2v) is 5.08. The van der Waals surface area contributed by atoms with Crippen LogP contribution in [-0.4, -0.2) is 11.0 Å². The Hall–Kier alpha value is -1.56. The summed E-state index contributed by atoms with van der Waals surface area (Å²) in [6, 6.07) is 4.59. The van der Waals surface area contributed by atoms with Gasteiger partial charge in [0.05, 0.1) is 5.56 Å². The molecule has 90 valence electrons. The molecule has 0 saturated heterocycles. The number of nitrogens with zero attached hydrogens (tertiary/aromatic N) is 2. The lowest BCUT2D eigenvalue weighted by Crippen LogP contribution is -2.27. The molecular weight excluding hydrogens is 210 g/mol. The van der Waals surface area contributed by atoms with Crippen LogP contribution >= 0.6 is 0 Å². The smallest absolute Gasteiger partial charge is 0.144 e. The van der Waals surface area contributed by atoms with Gasteiger partial charge in [-0.15, -0.1) is 0 Å². The van der Waals surface area contributed by atoms with Gasteiger partial charge >= 0.3 is 0 Å². The number of aromatic nitrogens is 1. The van der Waals surface area contributed by atoms with Crippen molar-refractivity contribution in [3.8, 4) is 6.07 Å². The predicted octanol–water partition coefficient (Wildman–Crippen LogP) is 3.25. The van der Waals surface area contributed by atoms with E-state index in [9.17, 15) is 0 Å². The highest BCUT2D eigenvalue weighted by molar-refractivity contribution is 5.55. The summed E-state index contributed by atoms with van der Waals surface area (Å²) in [6.07, 6.45) is 6.73. The lowest BCUT2D eigenvalue weighted by molar-refractivity contribution is 0.358. The third kappa shape index (κ3) is 2.76. The molecule has 1 aliphatic carbocycles. The van der Waals surface area contributed by atoms with Gasteiger partial charge in [-0.1, -0.05) is 19.8 Å². The molecule has 0 aromatic carbocycles. The molecule has 2 unspecified atom stereocenters. The molecular formula is C14H19N3. The highest BCUT2D eigenvalue weighted by Crippen LogP contribution is 2.27. The minimum absolute atomic E-state index is 0.472. The van der Waals surface area contributed by atoms with Crippen molar-refractivity contribution >= 4 is 5.82 Å². The van der Waals surface area contributed by atoms with Crippen LogP contribution < -0.4 is 5.32 Å². The number of pyridine rings is 1. The van der Waals surface area contributed by atoms with E-state index in [0.29, 0.717) is 11.6 Å². The number of hydrogen-bond acceptors (Lipinski definition) is 3. The monoisotopic (exact) mass is 229 g/mol. The van der Waals surface area contributed by atoms with E-state index in [1.54, 1.807) is 6.20 Å². The number of hydrogen-bond donors (Lipinski definition) is 1. The number of nitriles is 1. The number of nitrogens with one attached hydrogen (secondary N) is 1. The van der Waals surface area contributed by atoms with Crippen LogP contribution in [0.4, 0.5) is 5.82 Å². The average Bonchev–Trinajstić information content (AvgIpc) is 2.29. The molecule has 3 nitrogen and oxygen atoms in total. The van der Waals surface area contributed by atoms with Gasteiger partial charge in [0.15, 0.2) is 0 Å². The van der Waals surface area contributed by atoms with Crippen molar-refractivity contribution in [3.63, 3.8) is 0 Å². The Morgan fingerprint density at radius 2 is 2.29 bits per heavy atom. The first-order chi connectivity index (χ1) is 8.20. The zero-order valence-corrected chi connectivity index (χ0v) is 10.5. The van der Waals surface area contributed by atoms with Crippen molar-refractivity contribution in [2.24, 2.45) is 5.92 Å². The summed E-state index contributed by atoms with van der Waals surface area (Å²) < 4.78 is 0. The maximum atomic E-state index is 9.15. The SMILES string of the molecule is Cc1ccnc(NC2CCCC(C)C2)c1C#N. The zero-order chi connectivity index (χ0) is 12.3. The molecule has 1 saturated carbocycles. The van der Waals surface area contributed by atoms with Crippen LogP contribution in [0, 0.1) is 24.2 Å². The van der Waals surface area contributed by atoms with Crippen molar-refractivity contribution in [1.82, 2.24) is 4.98 Å². The van der Waals surface area contributed by atoms with Crippen molar-refractivity contribution in [2.75, 3.05) is 5.32 Å². The molecule has 1 aromatic rings. The molecule has 0 aliphatic heterocycles. The maximum Gasteiger partial charge on any atom is 0.144 e. The third-order valence-electron chi connectivity index (χ3n) is 3.55. The van der Waals surface area contributed by atoms with Crippen LogP contribution in [0.5, 0.6) is 0 Å². The number of anilines is 1. The summed E-state index contributed by atoms with van der Waals surface area (Å²) in [5, 5.41) is 12.6. The van der Waals surface area contributed by atoms with Gasteiger partial charge in [-0.05, 0) is 37.3 Å². The third-order valence-corrected chi connectivity index (χ3v) is 3.55. The molecule has 1 aliphatic rings. The highest BCUT2D eigenvalue weighted by atomic mass is 15.0. The summed E-state index contributed by atoms with van der Waals surface area (Å²) in [5.74, 6) is 1.53. The van der Waals surface area contributed by atoms with Gasteiger partial charge in [0.1, 0.15) is 11.9 Å². The Kier molecular flexibility index (Phi) is 3.63. The van der Waals surface area contributed by atoms with Crippen LogP contribution in [0.1, 0.15) is 43.7 Å². The minimum Gasteiger partial charge on any atom is -0.366 e. The molecule has 17 heavy (non-hydrogen) atoms. The van der Waals surface area contributed by atoms with E-state index in [1.165, 1.54) is 25.7 Å². The van der Waals surface area contributed by atoms with Crippen molar-refractivity contribution in [2.45, 2.75) is 45.6 Å². The van der Waals surface area contributed by atoms with E-state index in [1.807, 2.05) is 13.0 Å². The van der Waals surface area contributed by atoms with Gasteiger partial charge < -0.3 is 5.32 Å². The van der Waals surface area contributed by atoms with E-state index in [-0.39, 0.29) is 0 Å². The predicted molar refractivity (Wildman–Crippen MR) is 68.7 cm³/mol. The molecule has 0 amide bonds. The lowest BCUT2D eigenvalue weighted by atomic mass is 9.87. The van der Waals surface area contributed by atoms with Gasteiger partial charge in [-0.3, -0.25) is 0 Å². The molecule has 1 heterocycles. The molecule has 3 heteroatoms. The Morgan fingerprint density at radius 3 is 3.00 bits per heavy atom. The van der Waals surface area contributed by atoms with E-state index in [0.717, 1.165) is 17.3 Å². The summed E-state index contributed by atoms with van der Waals surface area (Å²) in [4.78, 5) is 4.30. The maximum absolute atomic E-state index is 9.15. The van der Waals surface area contributed by atoms with Crippen LogP contribution in [0.3, 0.4) is 0 Å². The van der Waals surface area contributed by atoms with Crippen LogP contribution in [0.25, 0.3) is 0 Å². The van der Waals surface area contributed by atoms with Crippen LogP contribution in [0.15, 0.2) is 12.3 Å². The van der Waals surface area contributed by atoms with E-state index in [2.05, 4.69) is 23.3 Å².